The van der Waals surface area contributed by atoms with Crippen molar-refractivity contribution in [3.8, 4) is 0 Å². The molecule has 1 aliphatic rings. The molecule has 0 radical (unpaired) electrons. The van der Waals surface area contributed by atoms with Crippen molar-refractivity contribution in [2.24, 2.45) is 0 Å². The summed E-state index contributed by atoms with van der Waals surface area (Å²) >= 11 is 5.04. The molecular weight excluding hydrogens is 338 g/mol. The van der Waals surface area contributed by atoms with Crippen LogP contribution in [-0.2, 0) is 4.79 Å². The Hall–Kier alpha value is -1.59. The molecule has 0 saturated carbocycles. The smallest absolute Gasteiger partial charge is 0.296 e. The van der Waals surface area contributed by atoms with Gasteiger partial charge in [0, 0.05) is 14.3 Å². The van der Waals surface area contributed by atoms with Gasteiger partial charge in [-0.15, -0.1) is 0 Å². The van der Waals surface area contributed by atoms with E-state index in [0.717, 1.165) is 14.3 Å². The van der Waals surface area contributed by atoms with Gasteiger partial charge in [-0.25, -0.2) is 0 Å². The quantitative estimate of drug-likeness (QED) is 0.833. The lowest BCUT2D eigenvalue weighted by molar-refractivity contribution is -0.112. The number of fused-ring (bicyclic) bond motifs is 1. The van der Waals surface area contributed by atoms with E-state index in [1.165, 1.54) is 5.56 Å². The van der Waals surface area contributed by atoms with Crippen molar-refractivity contribution >= 4 is 45.1 Å². The van der Waals surface area contributed by atoms with Crippen LogP contribution in [0.3, 0.4) is 0 Å². The highest BCUT2D eigenvalue weighted by Crippen LogP contribution is 2.38. The van der Waals surface area contributed by atoms with Gasteiger partial charge in [0.15, 0.2) is 0 Å². The summed E-state index contributed by atoms with van der Waals surface area (Å²) in [5, 5.41) is 2.59. The second-order valence-electron chi connectivity index (χ2n) is 4.53. The molecule has 2 aromatic carbocycles. The molecule has 20 heavy (non-hydrogen) atoms. The standard InChI is InChI=1S/C15H10BrNO2S/c1-8-2-4-9(5-3-8)20-13-7-12-10(6-11(13)16)14(18)15(19)17-12/h2-7H,1H3,(H,17,18,19). The Balaban J connectivity index is 1.96. The molecule has 1 amide bonds. The first-order valence-corrected chi connectivity index (χ1v) is 7.59. The highest BCUT2D eigenvalue weighted by Gasteiger charge is 2.29. The van der Waals surface area contributed by atoms with Crippen LogP contribution >= 0.6 is 27.7 Å². The van der Waals surface area contributed by atoms with Crippen LogP contribution in [0, 0.1) is 6.92 Å². The fourth-order valence-corrected chi connectivity index (χ4v) is 3.40. The molecule has 3 rings (SSSR count). The molecule has 1 heterocycles. The van der Waals surface area contributed by atoms with Crippen molar-refractivity contribution in [1.82, 2.24) is 0 Å². The molecule has 2 aromatic rings. The van der Waals surface area contributed by atoms with E-state index in [9.17, 15) is 9.59 Å². The molecular formula is C15H10BrNO2S. The van der Waals surface area contributed by atoms with Gasteiger partial charge in [0.25, 0.3) is 11.7 Å². The van der Waals surface area contributed by atoms with Crippen LogP contribution in [0.4, 0.5) is 5.69 Å². The molecule has 0 fully saturated rings. The molecule has 0 aliphatic carbocycles. The molecule has 0 saturated heterocycles. The first-order valence-electron chi connectivity index (χ1n) is 5.98. The summed E-state index contributed by atoms with van der Waals surface area (Å²) in [6.07, 6.45) is 0. The Morgan fingerprint density at radius 3 is 2.50 bits per heavy atom. The minimum Gasteiger partial charge on any atom is -0.318 e. The van der Waals surface area contributed by atoms with Gasteiger partial charge in [-0.05, 0) is 47.1 Å². The number of amides is 1. The normalized spacial score (nSPS) is 13.3. The maximum Gasteiger partial charge on any atom is 0.296 e. The molecule has 0 bridgehead atoms. The average molecular weight is 348 g/mol. The van der Waals surface area contributed by atoms with Crippen molar-refractivity contribution in [2.75, 3.05) is 5.32 Å². The number of Topliss-reactive ketones (excluding diaryl/α,β-unsaturated/α-hetero) is 1. The van der Waals surface area contributed by atoms with E-state index >= 15 is 0 Å². The van der Waals surface area contributed by atoms with E-state index < -0.39 is 11.7 Å². The van der Waals surface area contributed by atoms with E-state index in [4.69, 9.17) is 0 Å². The molecule has 1 N–H and O–H groups in total. The van der Waals surface area contributed by atoms with Crippen LogP contribution in [0.2, 0.25) is 0 Å². The molecule has 5 heteroatoms. The molecule has 100 valence electrons. The number of benzene rings is 2. The molecule has 0 atom stereocenters. The summed E-state index contributed by atoms with van der Waals surface area (Å²) in [5.41, 5.74) is 2.22. The minimum absolute atomic E-state index is 0.426. The third-order valence-corrected chi connectivity index (χ3v) is 5.00. The molecule has 0 spiro atoms. The van der Waals surface area contributed by atoms with Crippen molar-refractivity contribution in [2.45, 2.75) is 16.7 Å². The molecule has 1 aliphatic heterocycles. The summed E-state index contributed by atoms with van der Waals surface area (Å²) in [6.45, 7) is 2.04. The highest BCUT2D eigenvalue weighted by atomic mass is 79.9. The monoisotopic (exact) mass is 347 g/mol. The van der Waals surface area contributed by atoms with Crippen LogP contribution in [-0.4, -0.2) is 11.7 Å². The maximum atomic E-state index is 11.6. The molecule has 0 aromatic heterocycles. The maximum absolute atomic E-state index is 11.6. The van der Waals surface area contributed by atoms with E-state index in [0.29, 0.717) is 11.3 Å². The number of nitrogens with one attached hydrogen (secondary N) is 1. The van der Waals surface area contributed by atoms with Crippen LogP contribution in [0.1, 0.15) is 15.9 Å². The molecule has 3 nitrogen and oxygen atoms in total. The van der Waals surface area contributed by atoms with Crippen LogP contribution in [0.25, 0.3) is 0 Å². The van der Waals surface area contributed by atoms with Gasteiger partial charge >= 0.3 is 0 Å². The third kappa shape index (κ3) is 2.39. The Morgan fingerprint density at radius 1 is 1.10 bits per heavy atom. The first kappa shape index (κ1) is 13.4. The zero-order chi connectivity index (χ0) is 14.3. The number of carbonyl (C=O) groups excluding carboxylic acids is 2. The lowest BCUT2D eigenvalue weighted by Crippen LogP contribution is -2.12. The van der Waals surface area contributed by atoms with Crippen LogP contribution in [0.5, 0.6) is 0 Å². The Morgan fingerprint density at radius 2 is 1.80 bits per heavy atom. The van der Waals surface area contributed by atoms with Gasteiger partial charge in [-0.2, -0.15) is 0 Å². The van der Waals surface area contributed by atoms with Gasteiger partial charge in [-0.3, -0.25) is 9.59 Å². The van der Waals surface area contributed by atoms with Crippen molar-refractivity contribution in [3.63, 3.8) is 0 Å². The van der Waals surface area contributed by atoms with Crippen molar-refractivity contribution in [3.05, 3.63) is 52.0 Å². The summed E-state index contributed by atoms with van der Waals surface area (Å²) in [5.74, 6) is -1.04. The second-order valence-corrected chi connectivity index (χ2v) is 6.50. The summed E-state index contributed by atoms with van der Waals surface area (Å²) in [6, 6.07) is 11.7. The topological polar surface area (TPSA) is 46.2 Å². The predicted octanol–water partition coefficient (Wildman–Crippen LogP) is 4.04. The van der Waals surface area contributed by atoms with E-state index in [-0.39, 0.29) is 0 Å². The first-order chi connectivity index (χ1) is 9.54. The van der Waals surface area contributed by atoms with E-state index in [1.54, 1.807) is 17.8 Å². The van der Waals surface area contributed by atoms with Gasteiger partial charge in [-0.1, -0.05) is 29.5 Å². The van der Waals surface area contributed by atoms with Gasteiger partial charge in [0.1, 0.15) is 0 Å². The average Bonchev–Trinajstić information content (AvgIpc) is 2.69. The minimum atomic E-state index is -0.565. The van der Waals surface area contributed by atoms with Crippen LogP contribution < -0.4 is 5.32 Å². The van der Waals surface area contributed by atoms with Gasteiger partial charge in [0.2, 0.25) is 0 Å². The Kier molecular flexibility index (Phi) is 3.40. The zero-order valence-corrected chi connectivity index (χ0v) is 13.0. The van der Waals surface area contributed by atoms with Crippen LogP contribution in [0.15, 0.2) is 50.7 Å². The molecule has 0 unspecified atom stereocenters. The zero-order valence-electron chi connectivity index (χ0n) is 10.6. The number of hydrogen-bond donors (Lipinski definition) is 1. The van der Waals surface area contributed by atoms with Gasteiger partial charge in [0.05, 0.1) is 11.3 Å². The number of anilines is 1. The number of aryl methyl sites for hydroxylation is 1. The second kappa shape index (κ2) is 5.07. The number of rotatable bonds is 2. The number of carbonyl (C=O) groups is 2. The third-order valence-electron chi connectivity index (χ3n) is 3.02. The number of ketones is 1. The van der Waals surface area contributed by atoms with E-state index in [2.05, 4.69) is 33.4 Å². The highest BCUT2D eigenvalue weighted by molar-refractivity contribution is 9.10. The number of hydrogen-bond acceptors (Lipinski definition) is 3. The summed E-state index contributed by atoms with van der Waals surface area (Å²) in [7, 11) is 0. The lowest BCUT2D eigenvalue weighted by atomic mass is 10.1. The predicted molar refractivity (Wildman–Crippen MR) is 82.4 cm³/mol. The lowest BCUT2D eigenvalue weighted by Gasteiger charge is -2.07. The Labute approximate surface area is 128 Å². The Bertz CT molecular complexity index is 725. The van der Waals surface area contributed by atoms with Crippen molar-refractivity contribution < 1.29 is 9.59 Å². The largest absolute Gasteiger partial charge is 0.318 e. The summed E-state index contributed by atoms with van der Waals surface area (Å²) < 4.78 is 0.812. The van der Waals surface area contributed by atoms with Crippen molar-refractivity contribution in [1.29, 1.82) is 0 Å². The van der Waals surface area contributed by atoms with E-state index in [1.807, 2.05) is 25.1 Å². The summed E-state index contributed by atoms with van der Waals surface area (Å²) in [4.78, 5) is 25.0. The van der Waals surface area contributed by atoms with Gasteiger partial charge < -0.3 is 5.32 Å². The number of halogens is 1. The SMILES string of the molecule is Cc1ccc(Sc2cc3c(cc2Br)C(=O)C(=O)N3)cc1. The fraction of sp³-hybridized carbons (Fsp3) is 0.0667. The fourth-order valence-electron chi connectivity index (χ4n) is 1.96.